The number of ether oxygens (including phenoxy) is 11. The van der Waals surface area contributed by atoms with Crippen LogP contribution in [0.15, 0.2) is 11.6 Å². The molecule has 520 valence electrons. The van der Waals surface area contributed by atoms with E-state index < -0.39 is 233 Å². The van der Waals surface area contributed by atoms with Crippen molar-refractivity contribution in [2.75, 3.05) is 33.5 Å². The van der Waals surface area contributed by atoms with Gasteiger partial charge in [-0.3, -0.25) is 17.3 Å². The minimum absolute atomic E-state index is 0. The average Bonchev–Trinajstić information content (AvgIpc) is 1.67. The summed E-state index contributed by atoms with van der Waals surface area (Å²) in [5.41, 5.74) is -1.09. The van der Waals surface area contributed by atoms with Gasteiger partial charge in [-0.1, -0.05) is 46.3 Å². The Hall–Kier alpha value is 1.18. The quantitative estimate of drug-likeness (QED) is 0.0178. The van der Waals surface area contributed by atoms with Crippen LogP contribution in [0.3, 0.4) is 0 Å². The van der Waals surface area contributed by atoms with Crippen molar-refractivity contribution in [1.82, 2.24) is 0 Å². The third-order valence-corrected chi connectivity index (χ3v) is 22.1. The molecule has 0 amide bonds. The summed E-state index contributed by atoms with van der Waals surface area (Å²) >= 11 is 0. The fourth-order valence-corrected chi connectivity index (χ4v) is 17.1. The first-order chi connectivity index (χ1) is 41.7. The van der Waals surface area contributed by atoms with Crippen molar-refractivity contribution in [3.05, 3.63) is 11.6 Å². The summed E-state index contributed by atoms with van der Waals surface area (Å²) in [4.78, 5) is 13.0. The summed E-state index contributed by atoms with van der Waals surface area (Å²) in [5, 5.41) is 114. The van der Waals surface area contributed by atoms with Gasteiger partial charge in [0, 0.05) is 18.9 Å². The van der Waals surface area contributed by atoms with Gasteiger partial charge >= 0.3 is 88.7 Å². The number of Topliss-reactive ketones (excluding diaryl/α,β-unsaturated/α-hetero) is 1. The molecular formula is C53H83Na3O34S3. The first-order valence-corrected chi connectivity index (χ1v) is 33.5. The van der Waals surface area contributed by atoms with Crippen molar-refractivity contribution in [2.24, 2.45) is 39.4 Å². The van der Waals surface area contributed by atoms with Crippen LogP contribution < -0.4 is 88.7 Å². The number of ketones is 1. The molecule has 8 fully saturated rings. The molecule has 9 aliphatic rings. The van der Waals surface area contributed by atoms with E-state index in [9.17, 15) is 94.8 Å². The molecule has 4 aliphatic carbocycles. The molecule has 9 rings (SSSR count). The van der Waals surface area contributed by atoms with Crippen molar-refractivity contribution in [2.45, 2.75) is 241 Å². The molecule has 0 radical (unpaired) electrons. The first kappa shape index (κ1) is 83.1. The Kier molecular flexibility index (Phi) is 28.3. The largest absolute Gasteiger partial charge is 1.00 e. The molecule has 5 heterocycles. The maximum absolute atomic E-state index is 13.0. The molecule has 31 atom stereocenters. The topological polar surface area (TPSA) is 520 Å². The van der Waals surface area contributed by atoms with Crippen LogP contribution in [0.1, 0.15) is 87.0 Å². The van der Waals surface area contributed by atoms with E-state index in [1.54, 1.807) is 6.92 Å². The minimum Gasteiger partial charge on any atom is -0.726 e. The van der Waals surface area contributed by atoms with Crippen molar-refractivity contribution >= 4 is 37.0 Å². The van der Waals surface area contributed by atoms with Gasteiger partial charge in [0.25, 0.3) is 0 Å². The van der Waals surface area contributed by atoms with Crippen molar-refractivity contribution in [3.8, 4) is 0 Å². The van der Waals surface area contributed by atoms with Gasteiger partial charge in [0.05, 0.1) is 44.7 Å². The number of carbonyl (C=O) groups excluding carboxylic acids is 1. The second-order valence-corrected chi connectivity index (χ2v) is 29.5. The molecular weight excluding hydrogens is 1350 g/mol. The smallest absolute Gasteiger partial charge is 0.726 e. The number of hydrogen-bond donors (Lipinski definition) is 10. The Morgan fingerprint density at radius 2 is 1.09 bits per heavy atom. The summed E-state index contributed by atoms with van der Waals surface area (Å²) in [5.74, 6) is -0.622. The van der Waals surface area contributed by atoms with Crippen LogP contribution in [-0.4, -0.2) is 283 Å². The van der Waals surface area contributed by atoms with E-state index in [0.29, 0.717) is 32.1 Å². The molecule has 5 saturated heterocycles. The standard InChI is InChI=1S/C53H86O34S3.3Na/c1-20(54)22-9-14-53(7)31-23(10-13-52(22,53)6)51(5)12-11-30(50(3,4)29(51)15-24(31)55)82-48-44(40(26(57)17-76-48)87-90(71,72)73)86-49-43(85-45-35(61)32(58)25(56)16-75-45)36(62)39(21(2)79-49)83-47-38(64)42(34(60)28(81-47)19-78-89(68,69)70)84-46-37(63)41(74-8)33(59)27(80-46)18-77-88(65,66)67;;;/h10,21-22,24-49,55-64H,9,11-19H2,1-8H3,(H,65,66,67)(H,68,69,70)(H,71,72,73);;;/q;3*+1/p-3/t21-,22-,24+,25-,26-,27-,28-,29?,30+,31+,32+,33-,34-,35-,36+,37-,38-,39-,40+,41+,42+,43-,44-,45+,46+,47+,48+,49+,51-,52-,53+;;;/m1.../s1. The van der Waals surface area contributed by atoms with E-state index in [1.807, 2.05) is 13.8 Å². The molecule has 3 saturated carbocycles. The Morgan fingerprint density at radius 1 is 0.559 bits per heavy atom. The van der Waals surface area contributed by atoms with Gasteiger partial charge in [0.15, 0.2) is 31.5 Å². The predicted molar refractivity (Wildman–Crippen MR) is 287 cm³/mol. The van der Waals surface area contributed by atoms with Gasteiger partial charge in [-0.15, -0.1) is 0 Å². The van der Waals surface area contributed by atoms with Crippen LogP contribution in [0, 0.1) is 39.4 Å². The Bertz CT molecular complexity index is 2920. The van der Waals surface area contributed by atoms with E-state index in [-0.39, 0.29) is 112 Å². The van der Waals surface area contributed by atoms with E-state index in [2.05, 4.69) is 35.2 Å². The van der Waals surface area contributed by atoms with Crippen LogP contribution in [-0.2, 0) is 101 Å². The fourth-order valence-electron chi connectivity index (χ4n) is 16.0. The summed E-state index contributed by atoms with van der Waals surface area (Å²) in [6.45, 7) is 9.18. The minimum atomic E-state index is -5.74. The summed E-state index contributed by atoms with van der Waals surface area (Å²) in [7, 11) is -15.8. The SMILES string of the molecule is CO[C@@H]1[C@@H](O)[C@H](O[C@@H]2[C@@H](O)[C@H](O[C@H]3[C@H](O)[C@@H](O[C@@H]4OC[C@@H](O)[C@H](O)[C@H]4O)[C@H](O[C@H]4[C@H](O[C@H]5CC[C@]6(C)C7=CC[C@]8(C)[C@@H](C(C)=O)CC[C@@]8(C)[C@@H]7[C@@H](O)CC6C5(C)C)OC[C@@H](O)[C@@H]4OS(=O)(=O)[O-])O[C@@H]3C)O[C@H](COS(=O)(=O)[O-])[C@H]2O)O[C@H](COS(=O)(=O)[O-])[C@H]1O.[Na+].[Na+].[Na+]. The van der Waals surface area contributed by atoms with Gasteiger partial charge in [0.1, 0.15) is 110 Å². The number of rotatable bonds is 20. The zero-order valence-corrected chi connectivity index (χ0v) is 61.8. The van der Waals surface area contributed by atoms with Gasteiger partial charge < -0.3 is 117 Å². The normalized spacial score (nSPS) is 47.6. The van der Waals surface area contributed by atoms with Crippen LogP contribution in [0.5, 0.6) is 0 Å². The molecule has 0 bridgehead atoms. The molecule has 34 nitrogen and oxygen atoms in total. The van der Waals surface area contributed by atoms with Gasteiger partial charge in [0.2, 0.25) is 31.2 Å². The number of carbonyl (C=O) groups is 1. The monoisotopic (exact) mass is 1430 g/mol. The molecule has 40 heteroatoms. The number of fused-ring (bicyclic) bond motifs is 5. The van der Waals surface area contributed by atoms with Crippen molar-refractivity contribution < 1.29 is 248 Å². The number of methoxy groups -OCH3 is 1. The van der Waals surface area contributed by atoms with Crippen LogP contribution in [0.4, 0.5) is 0 Å². The zero-order chi connectivity index (χ0) is 66.5. The molecule has 0 aromatic heterocycles. The molecule has 0 aromatic rings. The Balaban J connectivity index is 0.00000457. The molecule has 93 heavy (non-hydrogen) atoms. The molecule has 5 aliphatic heterocycles. The maximum Gasteiger partial charge on any atom is 1.00 e. The zero-order valence-electron chi connectivity index (χ0n) is 53.3. The molecule has 1 unspecified atom stereocenters. The summed E-state index contributed by atoms with van der Waals surface area (Å²) in [6.07, 6.45) is -43.3. The van der Waals surface area contributed by atoms with Crippen LogP contribution >= 0.6 is 0 Å². The maximum atomic E-state index is 13.0. The first-order valence-electron chi connectivity index (χ1n) is 29.5. The van der Waals surface area contributed by atoms with E-state index in [0.717, 1.165) is 19.1 Å². The average molecular weight is 1430 g/mol. The summed E-state index contributed by atoms with van der Waals surface area (Å²) in [6, 6.07) is 0. The second-order valence-electron chi connectivity index (χ2n) is 26.4. The predicted octanol–water partition coefficient (Wildman–Crippen LogP) is -13.9. The second kappa shape index (κ2) is 31.6. The van der Waals surface area contributed by atoms with E-state index in [4.69, 9.17) is 56.3 Å². The number of allylic oxidation sites excluding steroid dienone is 1. The Labute approximate surface area is 604 Å². The van der Waals surface area contributed by atoms with Gasteiger partial charge in [-0.2, -0.15) is 0 Å². The van der Waals surface area contributed by atoms with Crippen molar-refractivity contribution in [3.63, 3.8) is 0 Å². The van der Waals surface area contributed by atoms with Gasteiger partial charge in [-0.25, -0.2) is 25.3 Å². The number of aliphatic hydroxyl groups is 10. The number of aliphatic hydroxyl groups excluding tert-OH is 10. The van der Waals surface area contributed by atoms with Crippen molar-refractivity contribution in [1.29, 1.82) is 0 Å². The molecule has 0 spiro atoms. The third-order valence-electron chi connectivity index (χ3n) is 20.8. The Morgan fingerprint density at radius 3 is 1.65 bits per heavy atom. The fraction of sp³-hybridized carbons (Fsp3) is 0.943. The third kappa shape index (κ3) is 17.0. The van der Waals surface area contributed by atoms with E-state index in [1.165, 1.54) is 6.92 Å². The van der Waals surface area contributed by atoms with Crippen LogP contribution in [0.25, 0.3) is 0 Å². The van der Waals surface area contributed by atoms with Gasteiger partial charge in [-0.05, 0) is 80.0 Å². The number of hydrogen-bond acceptors (Lipinski definition) is 34. The van der Waals surface area contributed by atoms with E-state index >= 15 is 0 Å². The molecule has 10 N–H and O–H groups in total. The van der Waals surface area contributed by atoms with Crippen LogP contribution in [0.2, 0.25) is 0 Å². The summed E-state index contributed by atoms with van der Waals surface area (Å²) < 4.78 is 185. The molecule has 0 aromatic carbocycles.